The monoisotopic (exact) mass is 418 g/mol. The zero-order valence-corrected chi connectivity index (χ0v) is 18.4. The first-order valence-electron chi connectivity index (χ1n) is 11.0. The fraction of sp³-hybridized carbons (Fsp3) is 0.391. The largest absolute Gasteiger partial charge is 0.366 e. The molecule has 0 aliphatic carbocycles. The van der Waals surface area contributed by atoms with E-state index >= 15 is 0 Å². The van der Waals surface area contributed by atoms with Crippen LogP contribution in [0.2, 0.25) is 0 Å². The highest BCUT2D eigenvalue weighted by atomic mass is 15.4. The van der Waals surface area contributed by atoms with Gasteiger partial charge in [-0.05, 0) is 37.8 Å². The molecule has 3 aromatic heterocycles. The summed E-state index contributed by atoms with van der Waals surface area (Å²) in [5.74, 6) is 2.12. The number of hydrogen-bond acceptors (Lipinski definition) is 6. The maximum absolute atomic E-state index is 4.88. The van der Waals surface area contributed by atoms with Crippen LogP contribution in [0.4, 0.5) is 11.8 Å². The Balaban J connectivity index is 1.71. The van der Waals surface area contributed by atoms with Crippen LogP contribution in [-0.4, -0.2) is 41.9 Å². The molecule has 1 aromatic carbocycles. The third kappa shape index (κ3) is 4.68. The van der Waals surface area contributed by atoms with Gasteiger partial charge in [-0.3, -0.25) is 4.57 Å². The second kappa shape index (κ2) is 9.59. The normalized spacial score (nSPS) is 12.2. The second-order valence-electron chi connectivity index (χ2n) is 7.70. The van der Waals surface area contributed by atoms with Gasteiger partial charge in [-0.1, -0.05) is 44.2 Å². The molecule has 8 nitrogen and oxygen atoms in total. The molecule has 1 atom stereocenters. The second-order valence-corrected chi connectivity index (χ2v) is 7.70. The zero-order chi connectivity index (χ0) is 21.6. The molecule has 1 unspecified atom stereocenters. The predicted molar refractivity (Wildman–Crippen MR) is 125 cm³/mol. The molecule has 0 saturated carbocycles. The fourth-order valence-electron chi connectivity index (χ4n) is 3.46. The summed E-state index contributed by atoms with van der Waals surface area (Å²) >= 11 is 0. The summed E-state index contributed by atoms with van der Waals surface area (Å²) in [6.07, 6.45) is 6.53. The predicted octanol–water partition coefficient (Wildman–Crippen LogP) is 4.29. The number of rotatable bonds is 10. The van der Waals surface area contributed by atoms with Gasteiger partial charge in [-0.2, -0.15) is 15.1 Å². The highest BCUT2D eigenvalue weighted by Gasteiger charge is 2.19. The molecule has 2 N–H and O–H groups in total. The lowest BCUT2D eigenvalue weighted by Gasteiger charge is -2.14. The van der Waals surface area contributed by atoms with Crippen LogP contribution in [0.15, 0.2) is 48.8 Å². The lowest BCUT2D eigenvalue weighted by atomic mass is 10.1. The summed E-state index contributed by atoms with van der Waals surface area (Å²) < 4.78 is 3.90. The van der Waals surface area contributed by atoms with Crippen LogP contribution in [-0.2, 0) is 13.0 Å². The molecule has 31 heavy (non-hydrogen) atoms. The van der Waals surface area contributed by atoms with E-state index in [1.165, 1.54) is 5.56 Å². The molecule has 0 saturated heterocycles. The molecule has 0 fully saturated rings. The minimum Gasteiger partial charge on any atom is -0.366 e. The summed E-state index contributed by atoms with van der Waals surface area (Å²) in [7, 11) is 0. The van der Waals surface area contributed by atoms with Gasteiger partial charge in [0.05, 0.1) is 0 Å². The summed E-state index contributed by atoms with van der Waals surface area (Å²) in [6.45, 7) is 8.01. The number of benzene rings is 1. The Morgan fingerprint density at radius 3 is 2.58 bits per heavy atom. The number of aryl methyl sites for hydroxylation is 1. The summed E-state index contributed by atoms with van der Waals surface area (Å²) in [6, 6.07) is 12.6. The number of nitrogens with zero attached hydrogens (tertiary/aromatic N) is 6. The van der Waals surface area contributed by atoms with E-state index in [9.17, 15) is 0 Å². The van der Waals surface area contributed by atoms with Crippen molar-refractivity contribution in [2.45, 2.75) is 52.6 Å². The Labute approximate surface area is 182 Å². The SMILES string of the molecule is CCCn1c(-n2cccn2)nc2c(NC(C)CC)nc(NCCc3ccccc3)nc21. The van der Waals surface area contributed by atoms with E-state index in [0.717, 1.165) is 55.3 Å². The quantitative estimate of drug-likeness (QED) is 0.400. The van der Waals surface area contributed by atoms with E-state index in [0.29, 0.717) is 5.95 Å². The highest BCUT2D eigenvalue weighted by molar-refractivity contribution is 5.86. The van der Waals surface area contributed by atoms with Gasteiger partial charge >= 0.3 is 0 Å². The van der Waals surface area contributed by atoms with E-state index < -0.39 is 0 Å². The minimum absolute atomic E-state index is 0.278. The van der Waals surface area contributed by atoms with Crippen LogP contribution in [0.5, 0.6) is 0 Å². The van der Waals surface area contributed by atoms with Crippen molar-refractivity contribution in [2.75, 3.05) is 17.2 Å². The van der Waals surface area contributed by atoms with Crippen molar-refractivity contribution in [3.63, 3.8) is 0 Å². The molecular weight excluding hydrogens is 388 g/mol. The van der Waals surface area contributed by atoms with Gasteiger partial charge in [0.1, 0.15) is 0 Å². The fourth-order valence-corrected chi connectivity index (χ4v) is 3.46. The van der Waals surface area contributed by atoms with E-state index in [4.69, 9.17) is 15.0 Å². The smallest absolute Gasteiger partial charge is 0.233 e. The third-order valence-corrected chi connectivity index (χ3v) is 5.27. The maximum atomic E-state index is 4.88. The van der Waals surface area contributed by atoms with Gasteiger partial charge in [0.25, 0.3) is 0 Å². The number of anilines is 2. The number of nitrogens with one attached hydrogen (secondary N) is 2. The summed E-state index contributed by atoms with van der Waals surface area (Å²) in [4.78, 5) is 14.5. The van der Waals surface area contributed by atoms with Gasteiger partial charge in [0, 0.05) is 31.5 Å². The van der Waals surface area contributed by atoms with Gasteiger partial charge in [-0.25, -0.2) is 9.67 Å². The number of aromatic nitrogens is 6. The van der Waals surface area contributed by atoms with Crippen molar-refractivity contribution >= 4 is 22.9 Å². The van der Waals surface area contributed by atoms with Gasteiger partial charge in [0.15, 0.2) is 17.0 Å². The average Bonchev–Trinajstić information content (AvgIpc) is 3.43. The third-order valence-electron chi connectivity index (χ3n) is 5.27. The number of imidazole rings is 1. The Hall–Kier alpha value is -3.42. The molecule has 0 amide bonds. The summed E-state index contributed by atoms with van der Waals surface area (Å²) in [5.41, 5.74) is 2.87. The van der Waals surface area contributed by atoms with Crippen molar-refractivity contribution in [1.82, 2.24) is 29.3 Å². The number of hydrogen-bond donors (Lipinski definition) is 2. The standard InChI is InChI=1S/C23H30N8/c1-4-15-30-21-19(27-23(30)31-16-9-13-25-31)20(26-17(3)5-2)28-22(29-21)24-14-12-18-10-7-6-8-11-18/h6-11,13,16-17H,4-5,12,14-15H2,1-3H3,(H2,24,26,28,29). The van der Waals surface area contributed by atoms with Crippen LogP contribution in [0.25, 0.3) is 17.1 Å². The highest BCUT2D eigenvalue weighted by Crippen LogP contribution is 2.26. The van der Waals surface area contributed by atoms with Gasteiger partial charge < -0.3 is 10.6 Å². The van der Waals surface area contributed by atoms with Crippen LogP contribution in [0.1, 0.15) is 39.2 Å². The molecule has 0 spiro atoms. The summed E-state index contributed by atoms with van der Waals surface area (Å²) in [5, 5.41) is 11.3. The minimum atomic E-state index is 0.278. The van der Waals surface area contributed by atoms with Crippen molar-refractivity contribution in [2.24, 2.45) is 0 Å². The molecule has 0 aliphatic rings. The molecule has 0 bridgehead atoms. The molecule has 0 aliphatic heterocycles. The Morgan fingerprint density at radius 1 is 1.03 bits per heavy atom. The molecule has 4 aromatic rings. The average molecular weight is 419 g/mol. The first kappa shape index (κ1) is 20.8. The number of fused-ring (bicyclic) bond motifs is 1. The topological polar surface area (TPSA) is 85.5 Å². The molecule has 0 radical (unpaired) electrons. The lowest BCUT2D eigenvalue weighted by molar-refractivity contribution is 0.647. The van der Waals surface area contributed by atoms with Crippen molar-refractivity contribution in [1.29, 1.82) is 0 Å². The van der Waals surface area contributed by atoms with Crippen molar-refractivity contribution < 1.29 is 0 Å². The first-order chi connectivity index (χ1) is 15.2. The van der Waals surface area contributed by atoms with Crippen LogP contribution < -0.4 is 10.6 Å². The van der Waals surface area contributed by atoms with E-state index in [1.54, 1.807) is 10.9 Å². The van der Waals surface area contributed by atoms with Crippen molar-refractivity contribution in [3.05, 3.63) is 54.4 Å². The van der Waals surface area contributed by atoms with Crippen LogP contribution in [0.3, 0.4) is 0 Å². The molecule has 3 heterocycles. The lowest BCUT2D eigenvalue weighted by Crippen LogP contribution is -2.17. The van der Waals surface area contributed by atoms with Crippen molar-refractivity contribution in [3.8, 4) is 5.95 Å². The van der Waals surface area contributed by atoms with Gasteiger partial charge in [0.2, 0.25) is 11.9 Å². The zero-order valence-electron chi connectivity index (χ0n) is 18.4. The molecular formula is C23H30N8. The van der Waals surface area contributed by atoms with E-state index in [2.05, 4.69) is 65.3 Å². The molecule has 4 rings (SSSR count). The van der Waals surface area contributed by atoms with E-state index in [1.807, 2.05) is 18.3 Å². The van der Waals surface area contributed by atoms with Gasteiger partial charge in [-0.15, -0.1) is 0 Å². The maximum Gasteiger partial charge on any atom is 0.233 e. The molecule has 8 heteroatoms. The Morgan fingerprint density at radius 2 is 1.87 bits per heavy atom. The van der Waals surface area contributed by atoms with Crippen LogP contribution >= 0.6 is 0 Å². The van der Waals surface area contributed by atoms with E-state index in [-0.39, 0.29) is 6.04 Å². The Kier molecular flexibility index (Phi) is 6.45. The Bertz CT molecular complexity index is 1100. The van der Waals surface area contributed by atoms with Crippen LogP contribution in [0, 0.1) is 0 Å². The first-order valence-corrected chi connectivity index (χ1v) is 11.0. The molecule has 162 valence electrons.